The molecule has 0 bridgehead atoms. The van der Waals surface area contributed by atoms with Crippen LogP contribution >= 0.6 is 0 Å². The van der Waals surface area contributed by atoms with Crippen molar-refractivity contribution in [3.63, 3.8) is 0 Å². The van der Waals surface area contributed by atoms with E-state index in [1.54, 1.807) is 10.7 Å². The molecule has 1 aliphatic heterocycles. The first-order chi connectivity index (χ1) is 12.7. The summed E-state index contributed by atoms with van der Waals surface area (Å²) in [6.07, 6.45) is 1.32. The maximum atomic E-state index is 12.5. The maximum absolute atomic E-state index is 12.5. The second-order valence-corrected chi connectivity index (χ2v) is 7.91. The van der Waals surface area contributed by atoms with Crippen molar-refractivity contribution in [2.75, 3.05) is 38.5 Å². The van der Waals surface area contributed by atoms with Gasteiger partial charge in [0.1, 0.15) is 12.1 Å². The fraction of sp³-hybridized carbons (Fsp3) is 0.526. The van der Waals surface area contributed by atoms with E-state index in [2.05, 4.69) is 22.4 Å². The van der Waals surface area contributed by atoms with Gasteiger partial charge in [-0.3, -0.25) is 14.8 Å². The molecule has 0 aliphatic carbocycles. The maximum Gasteiger partial charge on any atom is 0.412 e. The molecule has 0 saturated carbocycles. The number of benzene rings is 1. The van der Waals surface area contributed by atoms with Crippen LogP contribution in [0.15, 0.2) is 24.4 Å². The van der Waals surface area contributed by atoms with E-state index in [0.29, 0.717) is 5.69 Å². The predicted octanol–water partition coefficient (Wildman–Crippen LogP) is 2.16. The number of piperazine rings is 1. The SMILES string of the molecule is CN1CCN(C(=O)Cn2cc3cc(NC(=O)OC(C)(C)C)ccc3n2)CC1. The van der Waals surface area contributed by atoms with Crippen LogP contribution in [0.3, 0.4) is 0 Å². The number of hydrogen-bond donors (Lipinski definition) is 1. The lowest BCUT2D eigenvalue weighted by atomic mass is 10.2. The number of nitrogens with zero attached hydrogens (tertiary/aromatic N) is 4. The summed E-state index contributed by atoms with van der Waals surface area (Å²) < 4.78 is 6.92. The zero-order chi connectivity index (χ0) is 19.6. The summed E-state index contributed by atoms with van der Waals surface area (Å²) in [5.74, 6) is 0.0722. The molecule has 0 spiro atoms. The minimum absolute atomic E-state index is 0.0722. The Morgan fingerprint density at radius 1 is 1.19 bits per heavy atom. The molecular formula is C19H27N5O3. The van der Waals surface area contributed by atoms with E-state index in [0.717, 1.165) is 37.1 Å². The average Bonchev–Trinajstić information content (AvgIpc) is 2.95. The van der Waals surface area contributed by atoms with Crippen molar-refractivity contribution in [2.24, 2.45) is 0 Å². The number of amides is 2. The third kappa shape index (κ3) is 5.19. The lowest BCUT2D eigenvalue weighted by Crippen LogP contribution is -2.48. The molecule has 0 radical (unpaired) electrons. The summed E-state index contributed by atoms with van der Waals surface area (Å²) in [6.45, 7) is 8.96. The van der Waals surface area contributed by atoms with Crippen LogP contribution in [-0.4, -0.2) is 70.4 Å². The average molecular weight is 373 g/mol. The van der Waals surface area contributed by atoms with Gasteiger partial charge >= 0.3 is 6.09 Å². The molecule has 8 nitrogen and oxygen atoms in total. The van der Waals surface area contributed by atoms with Crippen LogP contribution in [0.1, 0.15) is 20.8 Å². The molecular weight excluding hydrogens is 346 g/mol. The molecule has 2 aromatic rings. The summed E-state index contributed by atoms with van der Waals surface area (Å²) in [5.41, 5.74) is 0.848. The topological polar surface area (TPSA) is 79.7 Å². The first-order valence-corrected chi connectivity index (χ1v) is 9.13. The van der Waals surface area contributed by atoms with Gasteiger partial charge in [-0.25, -0.2) is 4.79 Å². The van der Waals surface area contributed by atoms with E-state index in [4.69, 9.17) is 4.74 Å². The Balaban J connectivity index is 1.65. The van der Waals surface area contributed by atoms with Crippen molar-refractivity contribution in [3.8, 4) is 0 Å². The molecule has 1 aliphatic rings. The number of fused-ring (bicyclic) bond motifs is 1. The van der Waals surface area contributed by atoms with Crippen LogP contribution in [-0.2, 0) is 16.1 Å². The third-order valence-electron chi connectivity index (χ3n) is 4.35. The predicted molar refractivity (Wildman–Crippen MR) is 104 cm³/mol. The van der Waals surface area contributed by atoms with Crippen LogP contribution < -0.4 is 5.32 Å². The minimum Gasteiger partial charge on any atom is -0.444 e. The Morgan fingerprint density at radius 2 is 1.89 bits per heavy atom. The first kappa shape index (κ1) is 19.2. The van der Waals surface area contributed by atoms with E-state index in [9.17, 15) is 9.59 Å². The largest absolute Gasteiger partial charge is 0.444 e. The smallest absolute Gasteiger partial charge is 0.412 e. The lowest BCUT2D eigenvalue weighted by molar-refractivity contribution is -0.133. The Labute approximate surface area is 159 Å². The monoisotopic (exact) mass is 373 g/mol. The number of hydrogen-bond acceptors (Lipinski definition) is 5. The summed E-state index contributed by atoms with van der Waals surface area (Å²) >= 11 is 0. The van der Waals surface area contributed by atoms with Crippen molar-refractivity contribution >= 4 is 28.6 Å². The second kappa shape index (κ2) is 7.56. The number of ether oxygens (including phenoxy) is 1. The zero-order valence-corrected chi connectivity index (χ0v) is 16.4. The highest BCUT2D eigenvalue weighted by Crippen LogP contribution is 2.19. The number of likely N-dealkylation sites (N-methyl/N-ethyl adjacent to an activating group) is 1. The van der Waals surface area contributed by atoms with Gasteiger partial charge in [0.2, 0.25) is 5.91 Å². The number of aromatic nitrogens is 2. The standard InChI is InChI=1S/C19H27N5O3/c1-19(2,3)27-18(26)20-15-5-6-16-14(11-15)12-24(21-16)13-17(25)23-9-7-22(4)8-10-23/h5-6,11-12H,7-10,13H2,1-4H3,(H,20,26). The summed E-state index contributed by atoms with van der Waals surface area (Å²) in [4.78, 5) is 28.5. The van der Waals surface area contributed by atoms with Crippen LogP contribution in [0.2, 0.25) is 0 Å². The van der Waals surface area contributed by atoms with Crippen LogP contribution in [0.25, 0.3) is 10.9 Å². The lowest BCUT2D eigenvalue weighted by Gasteiger charge is -2.32. The number of nitrogens with one attached hydrogen (secondary N) is 1. The third-order valence-corrected chi connectivity index (χ3v) is 4.35. The molecule has 1 aromatic carbocycles. The Kier molecular flexibility index (Phi) is 5.36. The summed E-state index contributed by atoms with van der Waals surface area (Å²) in [6, 6.07) is 5.41. The number of carbonyl (C=O) groups is 2. The van der Waals surface area contributed by atoms with Gasteiger partial charge in [0.25, 0.3) is 0 Å². The van der Waals surface area contributed by atoms with Gasteiger partial charge in [0, 0.05) is 43.4 Å². The van der Waals surface area contributed by atoms with Crippen molar-refractivity contribution in [1.29, 1.82) is 0 Å². The van der Waals surface area contributed by atoms with Crippen molar-refractivity contribution in [2.45, 2.75) is 32.9 Å². The molecule has 2 heterocycles. The van der Waals surface area contributed by atoms with Gasteiger partial charge < -0.3 is 14.5 Å². The fourth-order valence-corrected chi connectivity index (χ4v) is 2.95. The fourth-order valence-electron chi connectivity index (χ4n) is 2.95. The number of rotatable bonds is 3. The minimum atomic E-state index is -0.553. The highest BCUT2D eigenvalue weighted by Gasteiger charge is 2.20. The van der Waals surface area contributed by atoms with Crippen molar-refractivity contribution in [1.82, 2.24) is 19.6 Å². The molecule has 2 amide bonds. The van der Waals surface area contributed by atoms with Crippen LogP contribution in [0.4, 0.5) is 10.5 Å². The van der Waals surface area contributed by atoms with Gasteiger partial charge in [-0.1, -0.05) is 0 Å². The number of carbonyl (C=O) groups excluding carboxylic acids is 2. The highest BCUT2D eigenvalue weighted by molar-refractivity contribution is 5.90. The van der Waals surface area contributed by atoms with Gasteiger partial charge in [-0.15, -0.1) is 0 Å². The molecule has 1 saturated heterocycles. The summed E-state index contributed by atoms with van der Waals surface area (Å²) in [5, 5.41) is 8.03. The molecule has 1 fully saturated rings. The Morgan fingerprint density at radius 3 is 2.56 bits per heavy atom. The first-order valence-electron chi connectivity index (χ1n) is 9.13. The molecule has 0 unspecified atom stereocenters. The molecule has 1 aromatic heterocycles. The van der Waals surface area contributed by atoms with E-state index in [1.165, 1.54) is 0 Å². The quantitative estimate of drug-likeness (QED) is 0.892. The van der Waals surface area contributed by atoms with E-state index in [-0.39, 0.29) is 12.5 Å². The Hall–Kier alpha value is -2.61. The van der Waals surface area contributed by atoms with Gasteiger partial charge in [-0.2, -0.15) is 5.10 Å². The van der Waals surface area contributed by atoms with E-state index >= 15 is 0 Å². The van der Waals surface area contributed by atoms with Gasteiger partial charge in [-0.05, 0) is 46.0 Å². The Bertz CT molecular complexity index is 831. The van der Waals surface area contributed by atoms with Gasteiger partial charge in [0.15, 0.2) is 0 Å². The van der Waals surface area contributed by atoms with Crippen molar-refractivity contribution < 1.29 is 14.3 Å². The normalized spacial score (nSPS) is 15.8. The molecule has 3 rings (SSSR count). The molecule has 27 heavy (non-hydrogen) atoms. The number of anilines is 1. The molecule has 8 heteroatoms. The molecule has 146 valence electrons. The molecule has 0 atom stereocenters. The van der Waals surface area contributed by atoms with Crippen LogP contribution in [0.5, 0.6) is 0 Å². The van der Waals surface area contributed by atoms with Crippen molar-refractivity contribution in [3.05, 3.63) is 24.4 Å². The highest BCUT2D eigenvalue weighted by atomic mass is 16.6. The second-order valence-electron chi connectivity index (χ2n) is 7.91. The zero-order valence-electron chi connectivity index (χ0n) is 16.4. The van der Waals surface area contributed by atoms with Gasteiger partial charge in [0.05, 0.1) is 5.52 Å². The van der Waals surface area contributed by atoms with Crippen LogP contribution in [0, 0.1) is 0 Å². The van der Waals surface area contributed by atoms with E-state index in [1.807, 2.05) is 44.0 Å². The summed E-state index contributed by atoms with van der Waals surface area (Å²) in [7, 11) is 2.06. The van der Waals surface area contributed by atoms with E-state index < -0.39 is 11.7 Å². The molecule has 1 N–H and O–H groups in total.